The third kappa shape index (κ3) is 5.05. The first-order valence-electron chi connectivity index (χ1n) is 7.39. The van der Waals surface area contributed by atoms with Gasteiger partial charge < -0.3 is 5.32 Å². The van der Waals surface area contributed by atoms with Crippen LogP contribution in [0.4, 0.5) is 4.39 Å². The first kappa shape index (κ1) is 18.1. The number of hydrogen-bond donors (Lipinski definition) is 1. The van der Waals surface area contributed by atoms with Crippen molar-refractivity contribution in [2.75, 3.05) is 20.1 Å². The number of rotatable bonds is 9. The van der Waals surface area contributed by atoms with Gasteiger partial charge in [0.05, 0.1) is 4.90 Å². The molecule has 0 aromatic heterocycles. The van der Waals surface area contributed by atoms with Crippen LogP contribution < -0.4 is 5.32 Å². The third-order valence-electron chi connectivity index (χ3n) is 3.29. The Hall–Kier alpha value is -0.980. The molecule has 0 aliphatic heterocycles. The summed E-state index contributed by atoms with van der Waals surface area (Å²) in [5.41, 5.74) is 0.605. The minimum atomic E-state index is -3.65. The normalized spacial score (nSPS) is 12.0. The third-order valence-corrected chi connectivity index (χ3v) is 5.23. The largest absolute Gasteiger partial charge is 0.313 e. The molecule has 0 atom stereocenters. The lowest BCUT2D eigenvalue weighted by molar-refractivity contribution is 0.457. The van der Waals surface area contributed by atoms with E-state index in [9.17, 15) is 12.8 Å². The highest BCUT2D eigenvalue weighted by atomic mass is 32.2. The van der Waals surface area contributed by atoms with E-state index in [1.165, 1.54) is 10.4 Å². The Morgan fingerprint density at radius 1 is 1.24 bits per heavy atom. The van der Waals surface area contributed by atoms with E-state index in [2.05, 4.69) is 5.32 Å². The van der Waals surface area contributed by atoms with Crippen LogP contribution in [0.5, 0.6) is 0 Å². The maximum atomic E-state index is 13.5. The Morgan fingerprint density at radius 3 is 2.57 bits per heavy atom. The number of unbranched alkanes of at least 4 members (excludes halogenated alkanes) is 1. The van der Waals surface area contributed by atoms with Crippen LogP contribution in [0.15, 0.2) is 23.1 Å². The van der Waals surface area contributed by atoms with Gasteiger partial charge in [0.2, 0.25) is 10.0 Å². The first-order chi connectivity index (χ1) is 9.93. The SMILES string of the molecule is CCCCN(C)S(=O)(=O)c1cc(F)ccc1CNCCC. The van der Waals surface area contributed by atoms with Crippen LogP contribution in [0.2, 0.25) is 0 Å². The summed E-state index contributed by atoms with van der Waals surface area (Å²) in [5, 5.41) is 3.16. The molecule has 0 spiro atoms. The van der Waals surface area contributed by atoms with Crippen LogP contribution in [-0.2, 0) is 16.6 Å². The standard InChI is InChI=1S/C15H25FN2O2S/c1-4-6-10-18(3)21(19,20)15-11-14(16)8-7-13(15)12-17-9-5-2/h7-8,11,17H,4-6,9-10,12H2,1-3H3. The molecular formula is C15H25FN2O2S. The maximum Gasteiger partial charge on any atom is 0.243 e. The molecule has 0 heterocycles. The fourth-order valence-corrected chi connectivity index (χ4v) is 3.42. The Balaban J connectivity index is 3.05. The zero-order valence-corrected chi connectivity index (χ0v) is 13.8. The molecule has 0 unspecified atom stereocenters. The maximum absolute atomic E-state index is 13.5. The average Bonchev–Trinajstić information content (AvgIpc) is 2.46. The van der Waals surface area contributed by atoms with Gasteiger partial charge in [-0.2, -0.15) is 0 Å². The Bertz CT molecular complexity index is 547. The lowest BCUT2D eigenvalue weighted by atomic mass is 10.2. The monoisotopic (exact) mass is 316 g/mol. The lowest BCUT2D eigenvalue weighted by Gasteiger charge is -2.19. The van der Waals surface area contributed by atoms with Crippen LogP contribution in [0.3, 0.4) is 0 Å². The predicted molar refractivity (Wildman–Crippen MR) is 83.1 cm³/mol. The van der Waals surface area contributed by atoms with Crippen LogP contribution in [-0.4, -0.2) is 32.9 Å². The summed E-state index contributed by atoms with van der Waals surface area (Å²) in [6.45, 7) is 5.70. The summed E-state index contributed by atoms with van der Waals surface area (Å²) in [7, 11) is -2.11. The molecule has 0 bridgehead atoms. The van der Waals surface area contributed by atoms with Crippen molar-refractivity contribution in [1.29, 1.82) is 0 Å². The van der Waals surface area contributed by atoms with Gasteiger partial charge in [0.1, 0.15) is 5.82 Å². The van der Waals surface area contributed by atoms with Crippen molar-refractivity contribution >= 4 is 10.0 Å². The lowest BCUT2D eigenvalue weighted by Crippen LogP contribution is -2.29. The van der Waals surface area contributed by atoms with Crippen molar-refractivity contribution in [3.63, 3.8) is 0 Å². The molecule has 1 rings (SSSR count). The second kappa shape index (κ2) is 8.46. The highest BCUT2D eigenvalue weighted by Crippen LogP contribution is 2.21. The highest BCUT2D eigenvalue weighted by molar-refractivity contribution is 7.89. The molecule has 4 nitrogen and oxygen atoms in total. The number of halogens is 1. The molecule has 0 saturated heterocycles. The van der Waals surface area contributed by atoms with E-state index in [1.807, 2.05) is 13.8 Å². The van der Waals surface area contributed by atoms with Crippen molar-refractivity contribution in [3.05, 3.63) is 29.6 Å². The van der Waals surface area contributed by atoms with Gasteiger partial charge >= 0.3 is 0 Å². The number of sulfonamides is 1. The van der Waals surface area contributed by atoms with Crippen molar-refractivity contribution in [2.45, 2.75) is 44.6 Å². The molecule has 0 radical (unpaired) electrons. The second-order valence-corrected chi connectivity index (χ2v) is 7.12. The minimum absolute atomic E-state index is 0.0599. The molecular weight excluding hydrogens is 291 g/mol. The van der Waals surface area contributed by atoms with Gasteiger partial charge in [-0.05, 0) is 37.1 Å². The summed E-state index contributed by atoms with van der Waals surface area (Å²) in [5.74, 6) is -0.531. The van der Waals surface area contributed by atoms with Gasteiger partial charge in [0.15, 0.2) is 0 Å². The summed E-state index contributed by atoms with van der Waals surface area (Å²) >= 11 is 0. The van der Waals surface area contributed by atoms with E-state index in [4.69, 9.17) is 0 Å². The molecule has 0 saturated carbocycles. The predicted octanol–water partition coefficient (Wildman–Crippen LogP) is 2.75. The summed E-state index contributed by atoms with van der Waals surface area (Å²) in [4.78, 5) is 0.0599. The van der Waals surface area contributed by atoms with Crippen LogP contribution in [0.1, 0.15) is 38.7 Å². The van der Waals surface area contributed by atoms with Crippen molar-refractivity contribution in [2.24, 2.45) is 0 Å². The van der Waals surface area contributed by atoms with Crippen LogP contribution in [0, 0.1) is 5.82 Å². The van der Waals surface area contributed by atoms with E-state index in [0.29, 0.717) is 18.7 Å². The average molecular weight is 316 g/mol. The fourth-order valence-electron chi connectivity index (χ4n) is 1.98. The number of nitrogens with zero attached hydrogens (tertiary/aromatic N) is 1. The molecule has 1 aromatic carbocycles. The van der Waals surface area contributed by atoms with Crippen LogP contribution >= 0.6 is 0 Å². The number of hydrogen-bond acceptors (Lipinski definition) is 3. The van der Waals surface area contributed by atoms with Crippen LogP contribution in [0.25, 0.3) is 0 Å². The van der Waals surface area contributed by atoms with Crippen molar-refractivity contribution in [3.8, 4) is 0 Å². The molecule has 21 heavy (non-hydrogen) atoms. The van der Waals surface area contributed by atoms with Gasteiger partial charge in [-0.3, -0.25) is 0 Å². The quantitative estimate of drug-likeness (QED) is 0.713. The highest BCUT2D eigenvalue weighted by Gasteiger charge is 2.24. The van der Waals surface area contributed by atoms with E-state index in [-0.39, 0.29) is 4.90 Å². The smallest absolute Gasteiger partial charge is 0.243 e. The molecule has 1 aromatic rings. The molecule has 0 aliphatic carbocycles. The van der Waals surface area contributed by atoms with E-state index < -0.39 is 15.8 Å². The molecule has 1 N–H and O–H groups in total. The van der Waals surface area contributed by atoms with Gasteiger partial charge in [-0.15, -0.1) is 0 Å². The first-order valence-corrected chi connectivity index (χ1v) is 8.83. The van der Waals surface area contributed by atoms with Gasteiger partial charge in [-0.25, -0.2) is 17.1 Å². The number of nitrogens with one attached hydrogen (secondary N) is 1. The summed E-state index contributed by atoms with van der Waals surface area (Å²) < 4.78 is 39.9. The molecule has 0 amide bonds. The fraction of sp³-hybridized carbons (Fsp3) is 0.600. The topological polar surface area (TPSA) is 49.4 Å². The summed E-state index contributed by atoms with van der Waals surface area (Å²) in [6, 6.07) is 3.95. The Kier molecular flexibility index (Phi) is 7.28. The van der Waals surface area contributed by atoms with E-state index in [0.717, 1.165) is 31.9 Å². The molecule has 6 heteroatoms. The zero-order chi connectivity index (χ0) is 15.9. The second-order valence-electron chi connectivity index (χ2n) is 5.11. The molecule has 0 fully saturated rings. The molecule has 120 valence electrons. The van der Waals surface area contributed by atoms with Crippen molar-refractivity contribution in [1.82, 2.24) is 9.62 Å². The Labute approximate surface area is 127 Å². The van der Waals surface area contributed by atoms with Crippen molar-refractivity contribution < 1.29 is 12.8 Å². The minimum Gasteiger partial charge on any atom is -0.313 e. The van der Waals surface area contributed by atoms with Gasteiger partial charge in [0.25, 0.3) is 0 Å². The zero-order valence-electron chi connectivity index (χ0n) is 13.0. The Morgan fingerprint density at radius 2 is 1.95 bits per heavy atom. The number of benzene rings is 1. The van der Waals surface area contributed by atoms with Gasteiger partial charge in [-0.1, -0.05) is 26.3 Å². The molecule has 0 aliphatic rings. The van der Waals surface area contributed by atoms with E-state index >= 15 is 0 Å². The van der Waals surface area contributed by atoms with Gasteiger partial charge in [0, 0.05) is 20.1 Å². The summed E-state index contributed by atoms with van der Waals surface area (Å²) in [6.07, 6.45) is 2.65. The van der Waals surface area contributed by atoms with E-state index in [1.54, 1.807) is 13.1 Å².